The first-order chi connectivity index (χ1) is 14.8. The van der Waals surface area contributed by atoms with Crippen LogP contribution in [-0.4, -0.2) is 46.1 Å². The highest BCUT2D eigenvalue weighted by molar-refractivity contribution is 7.92. The number of ether oxygens (including phenoxy) is 1. The van der Waals surface area contributed by atoms with Gasteiger partial charge in [0.2, 0.25) is 0 Å². The average Bonchev–Trinajstić information content (AvgIpc) is 2.71. The lowest BCUT2D eigenvalue weighted by molar-refractivity contribution is -0.150. The number of carbonyl (C=O) groups is 1. The molecule has 0 bridgehead atoms. The lowest BCUT2D eigenvalue weighted by Gasteiger charge is -2.22. The Bertz CT molecular complexity index is 1040. The summed E-state index contributed by atoms with van der Waals surface area (Å²) in [7, 11) is -1.92. The molecule has 0 aliphatic heterocycles. The summed E-state index contributed by atoms with van der Waals surface area (Å²) < 4.78 is 66.3. The molecule has 2 aromatic rings. The Morgan fingerprint density at radius 2 is 1.78 bits per heavy atom. The summed E-state index contributed by atoms with van der Waals surface area (Å²) in [4.78, 5) is 10.7. The number of nitrogens with one attached hydrogen (secondary N) is 1. The SMILES string of the molecule is COc1ccc(-c2ccc(C(CCS(=N)(=O)CC[C@H](N)C(=O)O)C(F)(F)F)cc2)c(Cl)c1. The van der Waals surface area contributed by atoms with E-state index in [0.29, 0.717) is 21.9 Å². The standard InChI is InChI=1S/C21H24ClF3N2O4S/c1-31-15-6-7-16(18(22)12-15)13-2-4-14(5-3-13)17(21(23,24)25)8-10-32(27,30)11-9-19(26)20(28)29/h2-7,12,17,19,27H,8-11,26H2,1H3,(H,28,29)/t17?,19-,32?/m0/s1. The number of methoxy groups -OCH3 is 1. The number of carboxylic acids is 1. The molecule has 11 heteroatoms. The van der Waals surface area contributed by atoms with Gasteiger partial charge in [0.15, 0.2) is 0 Å². The maximum atomic E-state index is 13.7. The molecule has 0 radical (unpaired) electrons. The second-order valence-corrected chi connectivity index (χ2v) is 10.2. The van der Waals surface area contributed by atoms with Gasteiger partial charge in [0.25, 0.3) is 0 Å². The van der Waals surface area contributed by atoms with E-state index in [-0.39, 0.29) is 17.7 Å². The molecular weight excluding hydrogens is 469 g/mol. The molecule has 0 heterocycles. The van der Waals surface area contributed by atoms with Gasteiger partial charge >= 0.3 is 12.1 Å². The number of benzene rings is 2. The number of alkyl halides is 3. The van der Waals surface area contributed by atoms with Crippen molar-refractivity contribution in [1.29, 1.82) is 4.78 Å². The highest BCUT2D eigenvalue weighted by Gasteiger charge is 2.40. The fraction of sp³-hybridized carbons (Fsp3) is 0.381. The quantitative estimate of drug-likeness (QED) is 0.436. The summed E-state index contributed by atoms with van der Waals surface area (Å²) >= 11 is 6.23. The molecule has 0 fully saturated rings. The van der Waals surface area contributed by atoms with Crippen LogP contribution in [0.25, 0.3) is 11.1 Å². The fourth-order valence-corrected chi connectivity index (χ4v) is 4.86. The van der Waals surface area contributed by atoms with E-state index >= 15 is 0 Å². The number of carboxylic acid groups (broad SMARTS) is 1. The van der Waals surface area contributed by atoms with Gasteiger partial charge in [-0.05, 0) is 42.2 Å². The molecule has 0 saturated heterocycles. The summed E-state index contributed by atoms with van der Waals surface area (Å²) in [5.41, 5.74) is 6.55. The molecule has 2 unspecified atom stereocenters. The van der Waals surface area contributed by atoms with Crippen molar-refractivity contribution in [1.82, 2.24) is 0 Å². The zero-order valence-electron chi connectivity index (χ0n) is 17.2. The average molecular weight is 493 g/mol. The van der Waals surface area contributed by atoms with E-state index in [1.807, 2.05) is 0 Å². The van der Waals surface area contributed by atoms with Gasteiger partial charge in [0.05, 0.1) is 18.1 Å². The molecule has 0 aromatic heterocycles. The highest BCUT2D eigenvalue weighted by Crippen LogP contribution is 2.39. The van der Waals surface area contributed by atoms with E-state index in [0.717, 1.165) is 0 Å². The van der Waals surface area contributed by atoms with Crippen molar-refractivity contribution >= 4 is 27.3 Å². The van der Waals surface area contributed by atoms with Crippen LogP contribution >= 0.6 is 11.6 Å². The number of nitrogens with two attached hydrogens (primary N) is 1. The first kappa shape index (κ1) is 26.0. The molecule has 2 rings (SSSR count). The molecule has 0 amide bonds. The third-order valence-corrected chi connectivity index (χ3v) is 7.11. The largest absolute Gasteiger partial charge is 0.497 e. The molecule has 176 valence electrons. The number of rotatable bonds is 10. The monoisotopic (exact) mass is 492 g/mol. The Morgan fingerprint density at radius 3 is 2.28 bits per heavy atom. The molecular formula is C21H24ClF3N2O4S. The van der Waals surface area contributed by atoms with E-state index in [4.69, 9.17) is 32.0 Å². The third-order valence-electron chi connectivity index (χ3n) is 5.01. The van der Waals surface area contributed by atoms with Gasteiger partial charge in [-0.3, -0.25) is 9.57 Å². The molecule has 0 spiro atoms. The van der Waals surface area contributed by atoms with Crippen LogP contribution in [0.15, 0.2) is 42.5 Å². The minimum atomic E-state index is -4.60. The summed E-state index contributed by atoms with van der Waals surface area (Å²) in [5, 5.41) is 9.15. The van der Waals surface area contributed by atoms with Gasteiger partial charge in [0, 0.05) is 26.8 Å². The number of hydrogen-bond donors (Lipinski definition) is 3. The van der Waals surface area contributed by atoms with Crippen LogP contribution in [0.1, 0.15) is 24.3 Å². The lowest BCUT2D eigenvalue weighted by atomic mass is 9.93. The Balaban J connectivity index is 2.17. The van der Waals surface area contributed by atoms with Crippen LogP contribution < -0.4 is 10.5 Å². The van der Waals surface area contributed by atoms with Crippen molar-refractivity contribution < 1.29 is 32.0 Å². The zero-order valence-corrected chi connectivity index (χ0v) is 18.8. The van der Waals surface area contributed by atoms with Crippen LogP contribution in [0.5, 0.6) is 5.75 Å². The zero-order chi connectivity index (χ0) is 24.1. The highest BCUT2D eigenvalue weighted by atomic mass is 35.5. The van der Waals surface area contributed by atoms with Gasteiger partial charge in [0.1, 0.15) is 11.8 Å². The minimum absolute atomic E-state index is 0.0247. The van der Waals surface area contributed by atoms with E-state index in [9.17, 15) is 22.2 Å². The van der Waals surface area contributed by atoms with E-state index in [2.05, 4.69) is 0 Å². The van der Waals surface area contributed by atoms with Crippen LogP contribution in [0.4, 0.5) is 13.2 Å². The van der Waals surface area contributed by atoms with E-state index in [1.54, 1.807) is 18.2 Å². The second-order valence-electron chi connectivity index (χ2n) is 7.30. The van der Waals surface area contributed by atoms with Crippen LogP contribution in [0.2, 0.25) is 5.02 Å². The fourth-order valence-electron chi connectivity index (χ4n) is 3.12. The number of halogens is 4. The maximum Gasteiger partial charge on any atom is 0.395 e. The predicted molar refractivity (Wildman–Crippen MR) is 118 cm³/mol. The van der Waals surface area contributed by atoms with Gasteiger partial charge in [-0.1, -0.05) is 35.9 Å². The number of aliphatic carboxylic acids is 1. The Labute approximate surface area is 189 Å². The molecule has 2 aromatic carbocycles. The van der Waals surface area contributed by atoms with Crippen LogP contribution in [0, 0.1) is 4.78 Å². The minimum Gasteiger partial charge on any atom is -0.497 e. The summed E-state index contributed by atoms with van der Waals surface area (Å²) in [5.74, 6) is -3.57. The predicted octanol–water partition coefficient (Wildman–Crippen LogP) is 4.90. The Hall–Kier alpha value is -2.30. The van der Waals surface area contributed by atoms with Gasteiger partial charge < -0.3 is 15.6 Å². The van der Waals surface area contributed by atoms with Crippen LogP contribution in [-0.2, 0) is 14.5 Å². The van der Waals surface area contributed by atoms with E-state index in [1.165, 1.54) is 31.4 Å². The topological polar surface area (TPSA) is 113 Å². The molecule has 3 atom stereocenters. The molecule has 0 aliphatic rings. The lowest BCUT2D eigenvalue weighted by Crippen LogP contribution is -2.32. The Kier molecular flexibility index (Phi) is 8.55. The molecule has 6 nitrogen and oxygen atoms in total. The van der Waals surface area contributed by atoms with Crippen molar-refractivity contribution in [2.45, 2.75) is 31.0 Å². The van der Waals surface area contributed by atoms with E-state index < -0.39 is 46.0 Å². The van der Waals surface area contributed by atoms with Crippen molar-refractivity contribution in [3.8, 4) is 16.9 Å². The van der Waals surface area contributed by atoms with Crippen molar-refractivity contribution in [2.75, 3.05) is 18.6 Å². The third kappa shape index (κ3) is 7.11. The normalized spacial score (nSPS) is 15.6. The molecule has 0 aliphatic carbocycles. The molecule has 0 saturated carbocycles. The van der Waals surface area contributed by atoms with Crippen molar-refractivity contribution in [2.24, 2.45) is 5.73 Å². The number of hydrogen-bond acceptors (Lipinski definition) is 5. The first-order valence-corrected chi connectivity index (χ1v) is 11.8. The smallest absolute Gasteiger partial charge is 0.395 e. The van der Waals surface area contributed by atoms with Gasteiger partial charge in [-0.15, -0.1) is 0 Å². The molecule has 4 N–H and O–H groups in total. The Morgan fingerprint density at radius 1 is 1.19 bits per heavy atom. The second kappa shape index (κ2) is 10.5. The summed E-state index contributed by atoms with van der Waals surface area (Å²) in [6.07, 6.45) is -5.41. The van der Waals surface area contributed by atoms with Crippen molar-refractivity contribution in [3.63, 3.8) is 0 Å². The maximum absolute atomic E-state index is 13.7. The summed E-state index contributed by atoms with van der Waals surface area (Å²) in [6.45, 7) is 0. The van der Waals surface area contributed by atoms with Gasteiger partial charge in [-0.25, -0.2) is 4.21 Å². The summed E-state index contributed by atoms with van der Waals surface area (Å²) in [6, 6.07) is 9.39. The first-order valence-electron chi connectivity index (χ1n) is 9.57. The van der Waals surface area contributed by atoms with Gasteiger partial charge in [-0.2, -0.15) is 13.2 Å². The van der Waals surface area contributed by atoms with Crippen LogP contribution in [0.3, 0.4) is 0 Å². The van der Waals surface area contributed by atoms with Crippen molar-refractivity contribution in [3.05, 3.63) is 53.1 Å². The molecule has 32 heavy (non-hydrogen) atoms.